The smallest absolute Gasteiger partial charge is 0.241 e. The fraction of sp³-hybridized carbons (Fsp3) is 0.333. The van der Waals surface area contributed by atoms with Crippen molar-refractivity contribution in [3.63, 3.8) is 0 Å². The maximum Gasteiger partial charge on any atom is 0.241 e. The van der Waals surface area contributed by atoms with E-state index in [0.29, 0.717) is 11.3 Å². The Hall–Kier alpha value is -3.04. The highest BCUT2D eigenvalue weighted by molar-refractivity contribution is 5.94. The zero-order valence-electron chi connectivity index (χ0n) is 15.7. The highest BCUT2D eigenvalue weighted by Crippen LogP contribution is 2.21. The average Bonchev–Trinajstić information content (AvgIpc) is 2.74. The van der Waals surface area contributed by atoms with Gasteiger partial charge in [0, 0.05) is 37.6 Å². The molecule has 1 N–H and O–H groups in total. The number of nitrogens with one attached hydrogen (secondary N) is 1. The summed E-state index contributed by atoms with van der Waals surface area (Å²) in [5, 5.41) is 11.8. The first-order valence-corrected chi connectivity index (χ1v) is 9.05. The van der Waals surface area contributed by atoms with Crippen LogP contribution in [-0.4, -0.2) is 50.1 Å². The van der Waals surface area contributed by atoms with Gasteiger partial charge < -0.3 is 15.0 Å². The van der Waals surface area contributed by atoms with E-state index >= 15 is 0 Å². The predicted octanol–water partition coefficient (Wildman–Crippen LogP) is 2.72. The van der Waals surface area contributed by atoms with Crippen molar-refractivity contribution < 1.29 is 9.53 Å². The van der Waals surface area contributed by atoms with Crippen LogP contribution >= 0.6 is 0 Å². The van der Waals surface area contributed by atoms with Crippen molar-refractivity contribution in [2.45, 2.75) is 13.0 Å². The van der Waals surface area contributed by atoms with E-state index < -0.39 is 0 Å². The maximum atomic E-state index is 12.5. The number of ether oxygens (including phenoxy) is 1. The normalized spacial score (nSPS) is 15.7. The van der Waals surface area contributed by atoms with E-state index in [1.54, 1.807) is 31.4 Å². The van der Waals surface area contributed by atoms with Crippen molar-refractivity contribution in [2.75, 3.05) is 43.5 Å². The van der Waals surface area contributed by atoms with Gasteiger partial charge in [-0.3, -0.25) is 9.69 Å². The molecule has 140 valence electrons. The molecule has 1 atom stereocenters. The van der Waals surface area contributed by atoms with Crippen LogP contribution in [0.5, 0.6) is 5.75 Å². The Labute approximate surface area is 160 Å². The van der Waals surface area contributed by atoms with Gasteiger partial charge in [-0.05, 0) is 55.5 Å². The largest absolute Gasteiger partial charge is 0.497 e. The fourth-order valence-electron chi connectivity index (χ4n) is 3.20. The zero-order valence-corrected chi connectivity index (χ0v) is 15.7. The van der Waals surface area contributed by atoms with Gasteiger partial charge in [0.05, 0.1) is 24.8 Å². The number of carbonyl (C=O) groups excluding carboxylic acids is 1. The lowest BCUT2D eigenvalue weighted by Crippen LogP contribution is -2.52. The monoisotopic (exact) mass is 364 g/mol. The second-order valence-corrected chi connectivity index (χ2v) is 6.58. The van der Waals surface area contributed by atoms with E-state index in [1.807, 2.05) is 19.1 Å². The summed E-state index contributed by atoms with van der Waals surface area (Å²) in [5.74, 6) is 0.822. The van der Waals surface area contributed by atoms with Crippen LogP contribution in [0.3, 0.4) is 0 Å². The van der Waals surface area contributed by atoms with Crippen molar-refractivity contribution in [3.8, 4) is 11.8 Å². The van der Waals surface area contributed by atoms with Crippen LogP contribution in [0.2, 0.25) is 0 Å². The minimum Gasteiger partial charge on any atom is -0.497 e. The van der Waals surface area contributed by atoms with Gasteiger partial charge in [-0.1, -0.05) is 0 Å². The van der Waals surface area contributed by atoms with Gasteiger partial charge in [0.2, 0.25) is 5.91 Å². The molecule has 2 aromatic carbocycles. The predicted molar refractivity (Wildman–Crippen MR) is 106 cm³/mol. The third-order valence-corrected chi connectivity index (χ3v) is 4.96. The number of rotatable bonds is 5. The van der Waals surface area contributed by atoms with Crippen molar-refractivity contribution in [1.29, 1.82) is 5.26 Å². The second-order valence-electron chi connectivity index (χ2n) is 6.58. The van der Waals surface area contributed by atoms with Crippen LogP contribution in [0.4, 0.5) is 11.4 Å². The maximum absolute atomic E-state index is 12.5. The molecule has 0 spiro atoms. The SMILES string of the molecule is COc1ccc(N2CCN([C@H](C)C(=O)Nc3ccc(C#N)cc3)CC2)cc1. The molecule has 1 fully saturated rings. The molecule has 1 amide bonds. The summed E-state index contributed by atoms with van der Waals surface area (Å²) in [4.78, 5) is 17.1. The van der Waals surface area contributed by atoms with Crippen molar-refractivity contribution in [3.05, 3.63) is 54.1 Å². The summed E-state index contributed by atoms with van der Waals surface area (Å²) >= 11 is 0. The van der Waals surface area contributed by atoms with Crippen LogP contribution in [0.1, 0.15) is 12.5 Å². The van der Waals surface area contributed by atoms with Crippen LogP contribution in [0.25, 0.3) is 0 Å². The lowest BCUT2D eigenvalue weighted by Gasteiger charge is -2.38. The molecule has 0 aromatic heterocycles. The standard InChI is InChI=1S/C21H24N4O2/c1-16(21(26)23-18-5-3-17(15-22)4-6-18)24-11-13-25(14-12-24)19-7-9-20(27-2)10-8-19/h3-10,16H,11-14H2,1-2H3,(H,23,26)/t16-/m1/s1. The minimum absolute atomic E-state index is 0.0300. The summed E-state index contributed by atoms with van der Waals surface area (Å²) < 4.78 is 5.21. The molecule has 6 heteroatoms. The number of benzene rings is 2. The van der Waals surface area contributed by atoms with E-state index in [4.69, 9.17) is 10.00 Å². The first kappa shape index (κ1) is 18.7. The van der Waals surface area contributed by atoms with Crippen LogP contribution < -0.4 is 15.0 Å². The third-order valence-electron chi connectivity index (χ3n) is 4.96. The van der Waals surface area contributed by atoms with Gasteiger partial charge in [-0.25, -0.2) is 0 Å². The molecule has 6 nitrogen and oxygen atoms in total. The molecule has 0 unspecified atom stereocenters. The molecule has 1 heterocycles. The van der Waals surface area contributed by atoms with Crippen molar-refractivity contribution >= 4 is 17.3 Å². The minimum atomic E-state index is -0.210. The van der Waals surface area contributed by atoms with E-state index in [9.17, 15) is 4.79 Å². The molecule has 1 aliphatic heterocycles. The zero-order chi connectivity index (χ0) is 19.2. The summed E-state index contributed by atoms with van der Waals surface area (Å²) in [6, 6.07) is 16.8. The topological polar surface area (TPSA) is 68.6 Å². The van der Waals surface area contributed by atoms with Gasteiger partial charge in [0.15, 0.2) is 0 Å². The Morgan fingerprint density at radius 3 is 2.26 bits per heavy atom. The summed E-state index contributed by atoms with van der Waals surface area (Å²) in [6.07, 6.45) is 0. The van der Waals surface area contributed by atoms with Gasteiger partial charge in [0.25, 0.3) is 0 Å². The third kappa shape index (κ3) is 4.57. The second kappa shape index (κ2) is 8.56. The van der Waals surface area contributed by atoms with Gasteiger partial charge in [0.1, 0.15) is 5.75 Å². The van der Waals surface area contributed by atoms with E-state index in [-0.39, 0.29) is 11.9 Å². The van der Waals surface area contributed by atoms with Gasteiger partial charge >= 0.3 is 0 Å². The Kier molecular flexibility index (Phi) is 5.94. The average molecular weight is 364 g/mol. The first-order valence-electron chi connectivity index (χ1n) is 9.05. The molecule has 0 aliphatic carbocycles. The lowest BCUT2D eigenvalue weighted by molar-refractivity contribution is -0.120. The Morgan fingerprint density at radius 2 is 1.70 bits per heavy atom. The molecule has 0 bridgehead atoms. The lowest BCUT2D eigenvalue weighted by atomic mass is 10.1. The van der Waals surface area contributed by atoms with Crippen molar-refractivity contribution in [1.82, 2.24) is 4.90 Å². The molecule has 0 saturated carbocycles. The number of nitrogens with zero attached hydrogens (tertiary/aromatic N) is 3. The van der Waals surface area contributed by atoms with Gasteiger partial charge in [-0.2, -0.15) is 5.26 Å². The van der Waals surface area contributed by atoms with E-state index in [2.05, 4.69) is 33.3 Å². The fourth-order valence-corrected chi connectivity index (χ4v) is 3.20. The number of anilines is 2. The Bertz CT molecular complexity index is 804. The van der Waals surface area contributed by atoms with E-state index in [0.717, 1.165) is 31.9 Å². The van der Waals surface area contributed by atoms with Crippen LogP contribution in [-0.2, 0) is 4.79 Å². The molecular formula is C21H24N4O2. The number of methoxy groups -OCH3 is 1. The quantitative estimate of drug-likeness (QED) is 0.883. The van der Waals surface area contributed by atoms with Gasteiger partial charge in [-0.15, -0.1) is 0 Å². The molecule has 3 rings (SSSR count). The number of hydrogen-bond donors (Lipinski definition) is 1. The summed E-state index contributed by atoms with van der Waals surface area (Å²) in [7, 11) is 1.66. The van der Waals surface area contributed by atoms with Crippen LogP contribution in [0.15, 0.2) is 48.5 Å². The number of nitriles is 1. The number of amides is 1. The molecule has 0 radical (unpaired) electrons. The summed E-state index contributed by atoms with van der Waals surface area (Å²) in [6.45, 7) is 5.34. The number of hydrogen-bond acceptors (Lipinski definition) is 5. The number of carbonyl (C=O) groups is 1. The highest BCUT2D eigenvalue weighted by Gasteiger charge is 2.25. The highest BCUT2D eigenvalue weighted by atomic mass is 16.5. The first-order chi connectivity index (χ1) is 13.1. The Balaban J connectivity index is 1.53. The molecule has 1 saturated heterocycles. The van der Waals surface area contributed by atoms with Crippen molar-refractivity contribution in [2.24, 2.45) is 0 Å². The molecule has 2 aromatic rings. The molecular weight excluding hydrogens is 340 g/mol. The summed E-state index contributed by atoms with van der Waals surface area (Å²) in [5.41, 5.74) is 2.46. The molecule has 27 heavy (non-hydrogen) atoms. The van der Waals surface area contributed by atoms with Crippen LogP contribution in [0, 0.1) is 11.3 Å². The number of piperazine rings is 1. The Morgan fingerprint density at radius 1 is 1.07 bits per heavy atom. The van der Waals surface area contributed by atoms with E-state index in [1.165, 1.54) is 5.69 Å². The molecule has 1 aliphatic rings.